The first-order valence-corrected chi connectivity index (χ1v) is 6.45. The van der Waals surface area contributed by atoms with Gasteiger partial charge in [-0.2, -0.15) is 0 Å². The number of hydrogen-bond acceptors (Lipinski definition) is 4. The lowest BCUT2D eigenvalue weighted by molar-refractivity contribution is 0.397. The van der Waals surface area contributed by atoms with Crippen molar-refractivity contribution >= 4 is 0 Å². The fourth-order valence-corrected chi connectivity index (χ4v) is 2.02. The molecule has 1 unspecified atom stereocenters. The Bertz CT molecular complexity index is 485. The van der Waals surface area contributed by atoms with Crippen molar-refractivity contribution in [2.45, 2.75) is 19.4 Å². The molecule has 2 rings (SSSR count). The molecule has 19 heavy (non-hydrogen) atoms. The predicted octanol–water partition coefficient (Wildman–Crippen LogP) is 2.38. The fraction of sp³-hybridized carbons (Fsp3) is 0.333. The fourth-order valence-electron chi connectivity index (χ4n) is 2.02. The van der Waals surface area contributed by atoms with Gasteiger partial charge in [-0.15, -0.1) is 0 Å². The third-order valence-electron chi connectivity index (χ3n) is 2.98. The van der Waals surface area contributed by atoms with E-state index in [9.17, 15) is 0 Å². The smallest absolute Gasteiger partial charge is 0.212 e. The molecule has 1 N–H and O–H groups in total. The molecule has 0 saturated carbocycles. The molecule has 0 saturated heterocycles. The Labute approximate surface area is 113 Å². The molecule has 0 aliphatic rings. The quantitative estimate of drug-likeness (QED) is 0.863. The summed E-state index contributed by atoms with van der Waals surface area (Å²) in [6, 6.07) is 8.26. The van der Waals surface area contributed by atoms with Crippen LogP contribution in [0.3, 0.4) is 0 Å². The molecule has 0 amide bonds. The molecule has 4 nitrogen and oxygen atoms in total. The molecule has 2 heterocycles. The van der Waals surface area contributed by atoms with Crippen LogP contribution in [0.2, 0.25) is 0 Å². The van der Waals surface area contributed by atoms with Crippen LogP contribution in [0.15, 0.2) is 42.9 Å². The summed E-state index contributed by atoms with van der Waals surface area (Å²) in [5.41, 5.74) is 2.37. The van der Waals surface area contributed by atoms with Gasteiger partial charge in [-0.1, -0.05) is 19.1 Å². The second kappa shape index (κ2) is 6.85. The van der Waals surface area contributed by atoms with Gasteiger partial charge in [0, 0.05) is 30.7 Å². The zero-order chi connectivity index (χ0) is 13.5. The number of nitrogens with one attached hydrogen (secondary N) is 1. The van der Waals surface area contributed by atoms with Gasteiger partial charge in [-0.25, -0.2) is 4.98 Å². The molecule has 4 heteroatoms. The zero-order valence-electron chi connectivity index (χ0n) is 11.3. The van der Waals surface area contributed by atoms with E-state index in [0.717, 1.165) is 13.0 Å². The number of methoxy groups -OCH3 is 1. The van der Waals surface area contributed by atoms with E-state index in [1.54, 1.807) is 13.3 Å². The van der Waals surface area contributed by atoms with Crippen molar-refractivity contribution in [3.05, 3.63) is 54.0 Å². The van der Waals surface area contributed by atoms with Crippen molar-refractivity contribution in [1.29, 1.82) is 0 Å². The van der Waals surface area contributed by atoms with Crippen molar-refractivity contribution in [1.82, 2.24) is 15.3 Å². The Kier molecular flexibility index (Phi) is 4.86. The van der Waals surface area contributed by atoms with Crippen molar-refractivity contribution < 1.29 is 4.74 Å². The predicted molar refractivity (Wildman–Crippen MR) is 75.1 cm³/mol. The summed E-state index contributed by atoms with van der Waals surface area (Å²) in [4.78, 5) is 8.42. The molecule has 0 aliphatic carbocycles. The van der Waals surface area contributed by atoms with Gasteiger partial charge in [0.2, 0.25) is 5.88 Å². The first-order chi connectivity index (χ1) is 9.33. The van der Waals surface area contributed by atoms with Gasteiger partial charge >= 0.3 is 0 Å². The number of aromatic nitrogens is 2. The maximum Gasteiger partial charge on any atom is 0.212 e. The van der Waals surface area contributed by atoms with Gasteiger partial charge in [0.25, 0.3) is 0 Å². The average Bonchev–Trinajstić information content (AvgIpc) is 2.48. The average molecular weight is 257 g/mol. The Hall–Kier alpha value is -1.94. The van der Waals surface area contributed by atoms with Crippen molar-refractivity contribution in [3.63, 3.8) is 0 Å². The second-order valence-corrected chi connectivity index (χ2v) is 4.31. The highest BCUT2D eigenvalue weighted by molar-refractivity contribution is 5.22. The third kappa shape index (κ3) is 3.76. The van der Waals surface area contributed by atoms with E-state index in [1.165, 1.54) is 11.1 Å². The van der Waals surface area contributed by atoms with Crippen LogP contribution in [-0.4, -0.2) is 23.6 Å². The summed E-state index contributed by atoms with van der Waals surface area (Å²) in [5, 5.41) is 3.48. The maximum absolute atomic E-state index is 5.07. The molecule has 0 aliphatic heterocycles. The second-order valence-electron chi connectivity index (χ2n) is 4.31. The van der Waals surface area contributed by atoms with Gasteiger partial charge in [0.15, 0.2) is 0 Å². The van der Waals surface area contributed by atoms with Crippen LogP contribution in [-0.2, 0) is 6.42 Å². The number of hydrogen-bond donors (Lipinski definition) is 1. The van der Waals surface area contributed by atoms with E-state index in [1.807, 2.05) is 30.6 Å². The lowest BCUT2D eigenvalue weighted by Gasteiger charge is -2.18. The molecule has 2 aromatic heterocycles. The first-order valence-electron chi connectivity index (χ1n) is 6.45. The zero-order valence-corrected chi connectivity index (χ0v) is 11.3. The monoisotopic (exact) mass is 257 g/mol. The molecule has 0 spiro atoms. The van der Waals surface area contributed by atoms with Crippen LogP contribution in [0.4, 0.5) is 0 Å². The van der Waals surface area contributed by atoms with Crippen LogP contribution in [0, 0.1) is 0 Å². The van der Waals surface area contributed by atoms with Gasteiger partial charge < -0.3 is 10.1 Å². The molecule has 0 radical (unpaired) electrons. The molecule has 0 fully saturated rings. The van der Waals surface area contributed by atoms with E-state index < -0.39 is 0 Å². The van der Waals surface area contributed by atoms with Crippen LogP contribution < -0.4 is 10.1 Å². The van der Waals surface area contributed by atoms with Crippen LogP contribution >= 0.6 is 0 Å². The Morgan fingerprint density at radius 1 is 1.26 bits per heavy atom. The molecular weight excluding hydrogens is 238 g/mol. The number of likely N-dealkylation sites (N-methyl/N-ethyl adjacent to an activating group) is 1. The number of ether oxygens (including phenoxy) is 1. The summed E-state index contributed by atoms with van der Waals surface area (Å²) < 4.78 is 5.07. The lowest BCUT2D eigenvalue weighted by Crippen LogP contribution is -2.23. The number of rotatable bonds is 6. The molecule has 2 aromatic rings. The van der Waals surface area contributed by atoms with E-state index in [-0.39, 0.29) is 6.04 Å². The minimum Gasteiger partial charge on any atom is -0.481 e. The minimum atomic E-state index is 0.258. The summed E-state index contributed by atoms with van der Waals surface area (Å²) in [6.07, 6.45) is 6.45. The van der Waals surface area contributed by atoms with Crippen molar-refractivity contribution in [2.75, 3.05) is 13.7 Å². The largest absolute Gasteiger partial charge is 0.481 e. The third-order valence-corrected chi connectivity index (χ3v) is 2.98. The number of nitrogens with zero attached hydrogens (tertiary/aromatic N) is 2. The first kappa shape index (κ1) is 13.5. The van der Waals surface area contributed by atoms with E-state index >= 15 is 0 Å². The Morgan fingerprint density at radius 2 is 2.16 bits per heavy atom. The van der Waals surface area contributed by atoms with Crippen LogP contribution in [0.5, 0.6) is 5.88 Å². The molecule has 1 atom stereocenters. The van der Waals surface area contributed by atoms with Crippen LogP contribution in [0.1, 0.15) is 24.1 Å². The topological polar surface area (TPSA) is 47.0 Å². The summed E-state index contributed by atoms with van der Waals surface area (Å²) in [6.45, 7) is 3.03. The van der Waals surface area contributed by atoms with E-state index in [4.69, 9.17) is 4.74 Å². The van der Waals surface area contributed by atoms with E-state index in [2.05, 4.69) is 28.3 Å². The molecular formula is C15H19N3O. The summed E-state index contributed by atoms with van der Waals surface area (Å²) >= 11 is 0. The highest BCUT2D eigenvalue weighted by Crippen LogP contribution is 2.18. The van der Waals surface area contributed by atoms with Crippen molar-refractivity contribution in [2.24, 2.45) is 0 Å². The molecule has 100 valence electrons. The standard InChI is InChI=1S/C15H19N3O/c1-3-17-14(13-5-4-8-16-11-13)9-12-6-7-15(19-2)18-10-12/h4-8,10-11,14,17H,3,9H2,1-2H3. The maximum atomic E-state index is 5.07. The Morgan fingerprint density at radius 3 is 2.74 bits per heavy atom. The lowest BCUT2D eigenvalue weighted by atomic mass is 10.0. The normalized spacial score (nSPS) is 12.1. The molecule has 0 aromatic carbocycles. The van der Waals surface area contributed by atoms with Gasteiger partial charge in [0.1, 0.15) is 0 Å². The van der Waals surface area contributed by atoms with E-state index in [0.29, 0.717) is 5.88 Å². The highest BCUT2D eigenvalue weighted by atomic mass is 16.5. The van der Waals surface area contributed by atoms with Gasteiger partial charge in [0.05, 0.1) is 7.11 Å². The van der Waals surface area contributed by atoms with Crippen molar-refractivity contribution in [3.8, 4) is 5.88 Å². The van der Waals surface area contributed by atoms with Gasteiger partial charge in [-0.3, -0.25) is 4.98 Å². The highest BCUT2D eigenvalue weighted by Gasteiger charge is 2.11. The molecule has 0 bridgehead atoms. The minimum absolute atomic E-state index is 0.258. The summed E-state index contributed by atoms with van der Waals surface area (Å²) in [5.74, 6) is 0.644. The Balaban J connectivity index is 2.11. The van der Waals surface area contributed by atoms with Gasteiger partial charge in [-0.05, 0) is 30.2 Å². The number of pyridine rings is 2. The SMILES string of the molecule is CCNC(Cc1ccc(OC)nc1)c1cccnc1. The summed E-state index contributed by atoms with van der Waals surface area (Å²) in [7, 11) is 1.62. The van der Waals surface area contributed by atoms with Crippen LogP contribution in [0.25, 0.3) is 0 Å².